The molecule has 0 bridgehead atoms. The molecule has 7 heteroatoms. The molecule has 5 nitrogen and oxygen atoms in total. The number of hydrogen-bond acceptors (Lipinski definition) is 6. The Labute approximate surface area is 242 Å². The van der Waals surface area contributed by atoms with Crippen LogP contribution in [-0.2, 0) is 14.3 Å². The van der Waals surface area contributed by atoms with Gasteiger partial charge in [0.25, 0.3) is 0 Å². The fraction of sp³-hybridized carbons (Fsp3) is 0.469. The number of anilines is 2. The maximum absolute atomic E-state index is 11.7. The number of fused-ring (bicyclic) bond motifs is 5. The fourth-order valence-electron chi connectivity index (χ4n) is 5.79. The highest BCUT2D eigenvalue weighted by atomic mass is 35.5. The summed E-state index contributed by atoms with van der Waals surface area (Å²) in [5.41, 5.74) is 4.43. The summed E-state index contributed by atoms with van der Waals surface area (Å²) in [5.74, 6) is -0.102. The average molecular weight is 567 g/mol. The molecule has 0 spiro atoms. The minimum absolute atomic E-state index is 0.0671. The van der Waals surface area contributed by atoms with E-state index in [4.69, 9.17) is 21.1 Å². The third-order valence-corrected chi connectivity index (χ3v) is 9.51. The van der Waals surface area contributed by atoms with Gasteiger partial charge < -0.3 is 19.3 Å². The molecule has 3 heterocycles. The molecular weight excluding hydrogens is 528 g/mol. The molecule has 0 radical (unpaired) electrons. The van der Waals surface area contributed by atoms with Crippen LogP contribution in [0.4, 0.5) is 11.4 Å². The van der Waals surface area contributed by atoms with Crippen LogP contribution in [0, 0.1) is 5.92 Å². The van der Waals surface area contributed by atoms with Gasteiger partial charge in [0.15, 0.2) is 0 Å². The van der Waals surface area contributed by atoms with E-state index in [0.29, 0.717) is 5.57 Å². The topological polar surface area (TPSA) is 45.3 Å². The predicted octanol–water partition coefficient (Wildman–Crippen LogP) is 7.66. The van der Waals surface area contributed by atoms with Crippen molar-refractivity contribution in [2.75, 3.05) is 32.1 Å². The highest BCUT2D eigenvalue weighted by Gasteiger charge is 2.61. The summed E-state index contributed by atoms with van der Waals surface area (Å²) in [6, 6.07) is 14.8. The number of benzene rings is 2. The Bertz CT molecular complexity index is 1280. The van der Waals surface area contributed by atoms with Crippen molar-refractivity contribution in [1.29, 1.82) is 0 Å². The van der Waals surface area contributed by atoms with Gasteiger partial charge in [0, 0.05) is 32.8 Å². The quantitative estimate of drug-likeness (QED) is 0.164. The van der Waals surface area contributed by atoms with E-state index < -0.39 is 0 Å². The first-order valence-electron chi connectivity index (χ1n) is 13.9. The number of carbonyl (C=O) groups excluding carboxylic acids is 1. The van der Waals surface area contributed by atoms with E-state index >= 15 is 0 Å². The molecule has 4 atom stereocenters. The second kappa shape index (κ2) is 11.7. The standard InChI is InChI=1S/C17H19ClN2S.C15H20O3/c1-19(2)10-5-11-20-14-6-3-4-7-16(14)21-17-9-8-13(18)12-15(17)20;1-9-5-4-8-15(3)13(18-15)12-11(7-6-9)10(2)14(16)17-12/h3-4,6-9,12H,5,10-11H2,1-2H3;5,11-13H,2,4,6-8H2,1,3H3. The molecule has 0 aromatic heterocycles. The lowest BCUT2D eigenvalue weighted by Crippen LogP contribution is -2.28. The lowest BCUT2D eigenvalue weighted by atomic mass is 9.84. The smallest absolute Gasteiger partial charge is 0.334 e. The molecule has 3 aliphatic heterocycles. The monoisotopic (exact) mass is 566 g/mol. The van der Waals surface area contributed by atoms with Crippen LogP contribution in [0.5, 0.6) is 0 Å². The van der Waals surface area contributed by atoms with Crippen LogP contribution < -0.4 is 4.90 Å². The molecule has 2 saturated heterocycles. The first-order valence-corrected chi connectivity index (χ1v) is 15.1. The second-order valence-electron chi connectivity index (χ2n) is 11.5. The number of rotatable bonds is 4. The van der Waals surface area contributed by atoms with Gasteiger partial charge >= 0.3 is 5.97 Å². The highest BCUT2D eigenvalue weighted by Crippen LogP contribution is 2.50. The van der Waals surface area contributed by atoms with Gasteiger partial charge in [0.05, 0.1) is 17.0 Å². The van der Waals surface area contributed by atoms with E-state index in [0.717, 1.165) is 50.2 Å². The van der Waals surface area contributed by atoms with E-state index in [9.17, 15) is 4.79 Å². The van der Waals surface area contributed by atoms with Gasteiger partial charge in [-0.3, -0.25) is 0 Å². The first kappa shape index (κ1) is 28.3. The molecule has 4 aliphatic rings. The maximum Gasteiger partial charge on any atom is 0.334 e. The maximum atomic E-state index is 11.7. The highest BCUT2D eigenvalue weighted by molar-refractivity contribution is 7.99. The molecule has 1 aliphatic carbocycles. The Morgan fingerprint density at radius 3 is 2.74 bits per heavy atom. The van der Waals surface area contributed by atoms with Crippen LogP contribution >= 0.6 is 23.4 Å². The van der Waals surface area contributed by atoms with Crippen LogP contribution in [0.15, 0.2) is 76.1 Å². The van der Waals surface area contributed by atoms with Gasteiger partial charge in [0.2, 0.25) is 0 Å². The van der Waals surface area contributed by atoms with Crippen molar-refractivity contribution in [3.63, 3.8) is 0 Å². The van der Waals surface area contributed by atoms with Gasteiger partial charge in [-0.05, 0) is 96.9 Å². The van der Waals surface area contributed by atoms with E-state index in [1.807, 2.05) is 17.8 Å². The summed E-state index contributed by atoms with van der Waals surface area (Å²) in [5, 5.41) is 0.798. The molecule has 2 aromatic carbocycles. The van der Waals surface area contributed by atoms with Crippen molar-refractivity contribution >= 4 is 40.7 Å². The summed E-state index contributed by atoms with van der Waals surface area (Å²) in [4.78, 5) is 18.9. The molecule has 208 valence electrons. The zero-order chi connectivity index (χ0) is 27.7. The third kappa shape index (κ3) is 6.25. The number of epoxide rings is 1. The van der Waals surface area contributed by atoms with Crippen LogP contribution in [-0.4, -0.2) is 55.9 Å². The molecule has 4 unspecified atom stereocenters. The average Bonchev–Trinajstić information content (AvgIpc) is 3.49. The SMILES string of the molecule is C=C1C(=O)OC2C1CCC(C)=CCCC1(C)OC21.CN(C)CCCN1c2ccccc2Sc2ccc(Cl)cc21. The second-order valence-corrected chi connectivity index (χ2v) is 13.0. The number of esters is 1. The van der Waals surface area contributed by atoms with Crippen LogP contribution in [0.1, 0.15) is 46.0 Å². The van der Waals surface area contributed by atoms with Gasteiger partial charge in [-0.15, -0.1) is 0 Å². The van der Waals surface area contributed by atoms with Crippen LogP contribution in [0.3, 0.4) is 0 Å². The van der Waals surface area contributed by atoms with E-state index in [1.165, 1.54) is 26.7 Å². The lowest BCUT2D eigenvalue weighted by Gasteiger charge is -2.33. The molecule has 2 aromatic rings. The van der Waals surface area contributed by atoms with Gasteiger partial charge in [-0.25, -0.2) is 4.79 Å². The van der Waals surface area contributed by atoms with E-state index in [1.54, 1.807) is 0 Å². The van der Waals surface area contributed by atoms with Gasteiger partial charge in [-0.2, -0.15) is 0 Å². The Balaban J connectivity index is 0.000000160. The Morgan fingerprint density at radius 2 is 1.95 bits per heavy atom. The lowest BCUT2D eigenvalue weighted by molar-refractivity contribution is -0.140. The minimum Gasteiger partial charge on any atom is -0.455 e. The molecule has 2 fully saturated rings. The molecule has 0 amide bonds. The molecule has 39 heavy (non-hydrogen) atoms. The number of allylic oxidation sites excluding steroid dienone is 2. The van der Waals surface area contributed by atoms with Gasteiger partial charge in [-0.1, -0.05) is 53.7 Å². The molecular formula is C32H39ClN2O3S. The molecule has 0 N–H and O–H groups in total. The molecule has 0 saturated carbocycles. The van der Waals surface area contributed by atoms with Crippen LogP contribution in [0.2, 0.25) is 5.02 Å². The van der Waals surface area contributed by atoms with Crippen molar-refractivity contribution in [3.8, 4) is 0 Å². The zero-order valence-corrected chi connectivity index (χ0v) is 25.0. The summed E-state index contributed by atoms with van der Waals surface area (Å²) >= 11 is 8.03. The predicted molar refractivity (Wildman–Crippen MR) is 160 cm³/mol. The summed E-state index contributed by atoms with van der Waals surface area (Å²) in [7, 11) is 4.23. The number of nitrogens with zero attached hydrogens (tertiary/aromatic N) is 2. The first-order chi connectivity index (χ1) is 18.7. The zero-order valence-electron chi connectivity index (χ0n) is 23.4. The third-order valence-electron chi connectivity index (χ3n) is 8.15. The minimum atomic E-state index is -0.233. The number of halogens is 1. The Morgan fingerprint density at radius 1 is 1.18 bits per heavy atom. The summed E-state index contributed by atoms with van der Waals surface area (Å²) < 4.78 is 11.3. The number of para-hydroxylation sites is 1. The fourth-order valence-corrected chi connectivity index (χ4v) is 7.04. The van der Waals surface area contributed by atoms with Crippen molar-refractivity contribution in [2.24, 2.45) is 5.92 Å². The largest absolute Gasteiger partial charge is 0.455 e. The molecule has 6 rings (SSSR count). The van der Waals surface area contributed by atoms with E-state index in [-0.39, 0.29) is 29.7 Å². The van der Waals surface area contributed by atoms with Crippen molar-refractivity contribution in [3.05, 3.63) is 71.3 Å². The normalized spacial score (nSPS) is 27.3. The van der Waals surface area contributed by atoms with E-state index in [2.05, 4.69) is 86.8 Å². The summed E-state index contributed by atoms with van der Waals surface area (Å²) in [6.07, 6.45) is 7.38. The van der Waals surface area contributed by atoms with Crippen LogP contribution in [0.25, 0.3) is 0 Å². The Kier molecular flexibility index (Phi) is 8.48. The van der Waals surface area contributed by atoms with Crippen molar-refractivity contribution in [1.82, 2.24) is 4.90 Å². The van der Waals surface area contributed by atoms with Crippen molar-refractivity contribution < 1.29 is 14.3 Å². The van der Waals surface area contributed by atoms with Gasteiger partial charge in [0.1, 0.15) is 12.2 Å². The Hall–Kier alpha value is -2.25. The number of ether oxygens (including phenoxy) is 2. The number of carbonyl (C=O) groups is 1. The van der Waals surface area contributed by atoms with Crippen molar-refractivity contribution in [2.45, 2.75) is 73.6 Å². The number of hydrogen-bond donors (Lipinski definition) is 0. The summed E-state index contributed by atoms with van der Waals surface area (Å²) in [6.45, 7) is 10.3.